The molecule has 3 aliphatic rings. The average Bonchev–Trinajstić information content (AvgIpc) is 2.88. The molecule has 1 amide bonds. The zero-order valence-electron chi connectivity index (χ0n) is 20.2. The smallest absolute Gasteiger partial charge is 0.278 e. The molecule has 1 spiro atoms. The Morgan fingerprint density at radius 3 is 2.57 bits per heavy atom. The molecule has 7 nitrogen and oxygen atoms in total. The Kier molecular flexibility index (Phi) is 5.33. The van der Waals surface area contributed by atoms with Crippen molar-refractivity contribution in [1.29, 1.82) is 0 Å². The third-order valence-corrected chi connectivity index (χ3v) is 7.73. The summed E-state index contributed by atoms with van der Waals surface area (Å²) >= 11 is 0. The first-order valence-electron chi connectivity index (χ1n) is 12.2. The van der Waals surface area contributed by atoms with Gasteiger partial charge in [0.1, 0.15) is 19.3 Å². The van der Waals surface area contributed by atoms with E-state index in [1.807, 2.05) is 37.3 Å². The third kappa shape index (κ3) is 3.44. The molecule has 2 aliphatic heterocycles. The summed E-state index contributed by atoms with van der Waals surface area (Å²) in [5.74, 6) is -3.48. The number of carbonyl (C=O) groups is 1. The van der Waals surface area contributed by atoms with E-state index in [0.717, 1.165) is 23.6 Å². The predicted molar refractivity (Wildman–Crippen MR) is 132 cm³/mol. The molecule has 1 aliphatic carbocycles. The Morgan fingerprint density at radius 2 is 1.84 bits per heavy atom. The number of aromatic hydroxyl groups is 1. The lowest BCUT2D eigenvalue weighted by Gasteiger charge is -2.54. The number of halogens is 2. The summed E-state index contributed by atoms with van der Waals surface area (Å²) in [5, 5.41) is 12.6. The predicted octanol–water partition coefficient (Wildman–Crippen LogP) is 4.15. The molecule has 0 radical (unpaired) electrons. The molecular weight excluding hydrogens is 480 g/mol. The highest BCUT2D eigenvalue weighted by Gasteiger charge is 2.49. The maximum atomic E-state index is 15.3. The SMILES string of the molecule is Cc1ccccc1[C@H]1c2ccc(F)c(F)c2OC/C=C\C2(CCC2)N2CN1n1ccc(=O)c(O)c1C2=O. The van der Waals surface area contributed by atoms with Gasteiger partial charge in [0.2, 0.25) is 11.2 Å². The highest BCUT2D eigenvalue weighted by Crippen LogP contribution is 2.45. The number of hydrogen-bond donors (Lipinski definition) is 1. The molecule has 37 heavy (non-hydrogen) atoms. The maximum absolute atomic E-state index is 15.3. The second-order valence-electron chi connectivity index (χ2n) is 9.75. The van der Waals surface area contributed by atoms with Crippen molar-refractivity contribution in [2.75, 3.05) is 18.3 Å². The van der Waals surface area contributed by atoms with Gasteiger partial charge in [-0.05, 0) is 55.5 Å². The van der Waals surface area contributed by atoms with Crippen LogP contribution < -0.4 is 15.2 Å². The van der Waals surface area contributed by atoms with Crippen molar-refractivity contribution < 1.29 is 23.4 Å². The highest BCUT2D eigenvalue weighted by molar-refractivity contribution is 5.97. The lowest BCUT2D eigenvalue weighted by Crippen LogP contribution is -2.64. The number of carbonyl (C=O) groups excluding carboxylic acids is 1. The molecule has 9 heteroatoms. The Hall–Kier alpha value is -4.14. The minimum atomic E-state index is -1.10. The Bertz CT molecular complexity index is 1510. The van der Waals surface area contributed by atoms with E-state index in [0.29, 0.717) is 18.4 Å². The van der Waals surface area contributed by atoms with Crippen molar-refractivity contribution in [2.45, 2.75) is 37.8 Å². The van der Waals surface area contributed by atoms with Crippen LogP contribution in [0.25, 0.3) is 0 Å². The van der Waals surface area contributed by atoms with Crippen molar-refractivity contribution in [2.24, 2.45) is 0 Å². The van der Waals surface area contributed by atoms with Gasteiger partial charge in [-0.3, -0.25) is 19.3 Å². The number of aryl methyl sites for hydroxylation is 1. The monoisotopic (exact) mass is 505 g/mol. The van der Waals surface area contributed by atoms with Crippen LogP contribution in [0, 0.1) is 18.6 Å². The molecule has 190 valence electrons. The normalized spacial score (nSPS) is 20.8. The van der Waals surface area contributed by atoms with Crippen LogP contribution in [0.4, 0.5) is 8.78 Å². The van der Waals surface area contributed by atoms with Gasteiger partial charge in [-0.15, -0.1) is 0 Å². The molecule has 1 atom stereocenters. The third-order valence-electron chi connectivity index (χ3n) is 7.73. The summed E-state index contributed by atoms with van der Waals surface area (Å²) in [6, 6.07) is 10.5. The van der Waals surface area contributed by atoms with Crippen LogP contribution in [0.5, 0.6) is 11.5 Å². The van der Waals surface area contributed by atoms with Gasteiger partial charge in [0.25, 0.3) is 5.91 Å². The minimum absolute atomic E-state index is 0.0201. The Morgan fingerprint density at radius 1 is 1.05 bits per heavy atom. The van der Waals surface area contributed by atoms with Crippen LogP contribution in [0.1, 0.15) is 52.5 Å². The fraction of sp³-hybridized carbons (Fsp3) is 0.286. The molecular formula is C28H25F2N3O4. The van der Waals surface area contributed by atoms with Gasteiger partial charge in [-0.25, -0.2) is 4.39 Å². The summed E-state index contributed by atoms with van der Waals surface area (Å²) in [5.41, 5.74) is 0.509. The summed E-state index contributed by atoms with van der Waals surface area (Å²) in [4.78, 5) is 27.9. The van der Waals surface area contributed by atoms with Crippen molar-refractivity contribution in [3.8, 4) is 11.5 Å². The number of benzene rings is 2. The molecule has 6 rings (SSSR count). The molecule has 3 heterocycles. The van der Waals surface area contributed by atoms with E-state index in [1.54, 1.807) is 16.0 Å². The van der Waals surface area contributed by atoms with Crippen molar-refractivity contribution >= 4 is 5.91 Å². The standard InChI is InChI=1S/C28H25F2N3O4/c1-17-6-2-3-7-18(17)23-19-8-9-20(29)22(30)26(19)37-15-5-13-28(11-4-12-28)31-16-33(23)32-14-10-21(34)25(35)24(32)27(31)36/h2-3,5-10,13-14,23,35H,4,11-12,15-16H2,1H3/b13-5-/t23-/m0/s1. The zero-order chi connectivity index (χ0) is 25.9. The van der Waals surface area contributed by atoms with E-state index in [-0.39, 0.29) is 24.7 Å². The van der Waals surface area contributed by atoms with E-state index in [1.165, 1.54) is 23.0 Å². The number of pyridine rings is 1. The maximum Gasteiger partial charge on any atom is 0.278 e. The largest absolute Gasteiger partial charge is 0.502 e. The van der Waals surface area contributed by atoms with Gasteiger partial charge in [0.15, 0.2) is 23.0 Å². The van der Waals surface area contributed by atoms with Crippen LogP contribution in [-0.4, -0.2) is 39.4 Å². The van der Waals surface area contributed by atoms with Gasteiger partial charge in [-0.1, -0.05) is 30.3 Å². The molecule has 0 unspecified atom stereocenters. The van der Waals surface area contributed by atoms with Gasteiger partial charge in [0, 0.05) is 17.8 Å². The van der Waals surface area contributed by atoms with Crippen LogP contribution in [0.15, 0.2) is 65.6 Å². The number of ether oxygens (including phenoxy) is 1. The van der Waals surface area contributed by atoms with E-state index in [9.17, 15) is 19.1 Å². The number of amides is 1. The van der Waals surface area contributed by atoms with Gasteiger partial charge >= 0.3 is 0 Å². The summed E-state index contributed by atoms with van der Waals surface area (Å²) < 4.78 is 37.0. The van der Waals surface area contributed by atoms with Gasteiger partial charge < -0.3 is 14.7 Å². The second-order valence-corrected chi connectivity index (χ2v) is 9.75. The fourth-order valence-electron chi connectivity index (χ4n) is 5.64. The fourth-order valence-corrected chi connectivity index (χ4v) is 5.64. The number of aromatic nitrogens is 1. The van der Waals surface area contributed by atoms with Crippen LogP contribution >= 0.6 is 0 Å². The number of fused-ring (bicyclic) bond motifs is 6. The zero-order valence-corrected chi connectivity index (χ0v) is 20.2. The van der Waals surface area contributed by atoms with E-state index in [2.05, 4.69) is 0 Å². The molecule has 1 N–H and O–H groups in total. The number of nitrogens with zero attached hydrogens (tertiary/aromatic N) is 3. The number of rotatable bonds is 1. The second kappa shape index (κ2) is 8.47. The number of hydrogen-bond acceptors (Lipinski definition) is 5. The van der Waals surface area contributed by atoms with Crippen LogP contribution in [-0.2, 0) is 0 Å². The molecule has 1 aromatic heterocycles. The lowest BCUT2D eigenvalue weighted by molar-refractivity contribution is 0.0255. The first-order chi connectivity index (χ1) is 17.8. The van der Waals surface area contributed by atoms with Crippen molar-refractivity contribution in [3.05, 3.63) is 105 Å². The lowest BCUT2D eigenvalue weighted by atomic mass is 9.74. The molecule has 0 saturated heterocycles. The minimum Gasteiger partial charge on any atom is -0.502 e. The van der Waals surface area contributed by atoms with Gasteiger partial charge in [-0.2, -0.15) is 4.39 Å². The van der Waals surface area contributed by atoms with E-state index >= 15 is 4.39 Å². The quantitative estimate of drug-likeness (QED) is 0.503. The first kappa shape index (κ1) is 23.3. The summed E-state index contributed by atoms with van der Waals surface area (Å²) in [7, 11) is 0. The van der Waals surface area contributed by atoms with Crippen LogP contribution in [0.3, 0.4) is 0 Å². The van der Waals surface area contributed by atoms with Gasteiger partial charge in [0.05, 0.1) is 5.54 Å². The topological polar surface area (TPSA) is 75.0 Å². The molecule has 2 aromatic carbocycles. The summed E-state index contributed by atoms with van der Waals surface area (Å²) in [6.07, 6.45) is 7.28. The van der Waals surface area contributed by atoms with E-state index < -0.39 is 40.3 Å². The molecule has 2 bridgehead atoms. The first-order valence-corrected chi connectivity index (χ1v) is 12.2. The molecule has 1 fully saturated rings. The average molecular weight is 506 g/mol. The Balaban J connectivity index is 1.69. The van der Waals surface area contributed by atoms with Crippen LogP contribution in [0.2, 0.25) is 0 Å². The van der Waals surface area contributed by atoms with Crippen molar-refractivity contribution in [3.63, 3.8) is 0 Å². The van der Waals surface area contributed by atoms with E-state index in [4.69, 9.17) is 4.74 Å². The highest BCUT2D eigenvalue weighted by atomic mass is 19.2. The summed E-state index contributed by atoms with van der Waals surface area (Å²) in [6.45, 7) is 1.97. The molecule has 1 saturated carbocycles. The Labute approximate surface area is 211 Å². The van der Waals surface area contributed by atoms with Crippen molar-refractivity contribution in [1.82, 2.24) is 9.58 Å². The molecule has 3 aromatic rings.